The number of amides is 1. The fourth-order valence-corrected chi connectivity index (χ4v) is 2.42. The molecule has 6 nitrogen and oxygen atoms in total. The van der Waals surface area contributed by atoms with Crippen molar-refractivity contribution >= 4 is 23.6 Å². The van der Waals surface area contributed by atoms with E-state index in [0.717, 1.165) is 23.2 Å². The van der Waals surface area contributed by atoms with Gasteiger partial charge in [0, 0.05) is 11.8 Å². The van der Waals surface area contributed by atoms with Gasteiger partial charge in [-0.2, -0.15) is 0 Å². The van der Waals surface area contributed by atoms with Crippen LogP contribution in [0.5, 0.6) is 11.5 Å². The van der Waals surface area contributed by atoms with Crippen molar-refractivity contribution in [3.05, 3.63) is 59.7 Å². The van der Waals surface area contributed by atoms with Gasteiger partial charge in [-0.05, 0) is 41.8 Å². The minimum absolute atomic E-state index is 0.147. The van der Waals surface area contributed by atoms with Crippen LogP contribution in [0.25, 0.3) is 6.08 Å². The summed E-state index contributed by atoms with van der Waals surface area (Å²) in [5.41, 5.74) is 2.58. The number of hydrogen-bond donors (Lipinski definition) is 1. The van der Waals surface area contributed by atoms with E-state index in [1.807, 2.05) is 31.2 Å². The summed E-state index contributed by atoms with van der Waals surface area (Å²) in [5.74, 6) is 0.196. The Morgan fingerprint density at radius 3 is 2.56 bits per heavy atom. The van der Waals surface area contributed by atoms with E-state index in [2.05, 4.69) is 10.1 Å². The summed E-state index contributed by atoms with van der Waals surface area (Å²) in [7, 11) is 2.82. The van der Waals surface area contributed by atoms with Gasteiger partial charge in [0.05, 0.1) is 14.2 Å². The zero-order chi connectivity index (χ0) is 19.6. The topological polar surface area (TPSA) is 73.9 Å². The van der Waals surface area contributed by atoms with Crippen LogP contribution in [0.15, 0.2) is 48.5 Å². The van der Waals surface area contributed by atoms with Gasteiger partial charge in [0.1, 0.15) is 0 Å². The molecule has 0 unspecified atom stereocenters. The van der Waals surface area contributed by atoms with E-state index in [1.54, 1.807) is 24.3 Å². The van der Waals surface area contributed by atoms with Crippen molar-refractivity contribution in [2.75, 3.05) is 26.1 Å². The molecule has 142 valence electrons. The Bertz CT molecular complexity index is 829. The van der Waals surface area contributed by atoms with Gasteiger partial charge < -0.3 is 19.5 Å². The first kappa shape index (κ1) is 20.0. The van der Waals surface area contributed by atoms with Crippen LogP contribution in [-0.2, 0) is 20.7 Å². The van der Waals surface area contributed by atoms with E-state index < -0.39 is 5.97 Å². The van der Waals surface area contributed by atoms with E-state index >= 15 is 0 Å². The van der Waals surface area contributed by atoms with Crippen LogP contribution in [-0.4, -0.2) is 32.7 Å². The Labute approximate surface area is 158 Å². The second-order valence-corrected chi connectivity index (χ2v) is 5.61. The molecule has 0 aromatic heterocycles. The third-order valence-electron chi connectivity index (χ3n) is 3.83. The quantitative estimate of drug-likeness (QED) is 0.570. The van der Waals surface area contributed by atoms with Crippen molar-refractivity contribution in [1.29, 1.82) is 0 Å². The van der Waals surface area contributed by atoms with Crippen LogP contribution in [0, 0.1) is 0 Å². The fraction of sp³-hybridized carbons (Fsp3) is 0.238. The van der Waals surface area contributed by atoms with E-state index in [9.17, 15) is 9.59 Å². The summed E-state index contributed by atoms with van der Waals surface area (Å²) in [6.07, 6.45) is 3.74. The zero-order valence-electron chi connectivity index (χ0n) is 15.7. The number of anilines is 1. The van der Waals surface area contributed by atoms with Crippen molar-refractivity contribution in [2.45, 2.75) is 13.3 Å². The molecule has 1 N–H and O–H groups in total. The molecule has 0 saturated heterocycles. The largest absolute Gasteiger partial charge is 0.493 e. The Balaban J connectivity index is 2.01. The smallest absolute Gasteiger partial charge is 0.330 e. The highest BCUT2D eigenvalue weighted by Crippen LogP contribution is 2.28. The van der Waals surface area contributed by atoms with E-state index in [0.29, 0.717) is 11.5 Å². The molecule has 0 atom stereocenters. The van der Waals surface area contributed by atoms with Gasteiger partial charge in [0.2, 0.25) is 0 Å². The molecule has 1 amide bonds. The van der Waals surface area contributed by atoms with Crippen molar-refractivity contribution < 1.29 is 23.8 Å². The maximum atomic E-state index is 12.2. The van der Waals surface area contributed by atoms with Crippen molar-refractivity contribution in [1.82, 2.24) is 0 Å². The van der Waals surface area contributed by atoms with Gasteiger partial charge in [-0.15, -0.1) is 0 Å². The molecule has 0 aliphatic rings. The van der Waals surface area contributed by atoms with Crippen LogP contribution in [0.2, 0.25) is 0 Å². The van der Waals surface area contributed by atoms with E-state index in [-0.39, 0.29) is 12.5 Å². The number of rotatable bonds is 8. The molecule has 0 bridgehead atoms. The lowest BCUT2D eigenvalue weighted by Crippen LogP contribution is -2.21. The van der Waals surface area contributed by atoms with Crippen LogP contribution in [0.1, 0.15) is 18.1 Å². The highest BCUT2D eigenvalue weighted by molar-refractivity contribution is 5.92. The van der Waals surface area contributed by atoms with Gasteiger partial charge in [-0.3, -0.25) is 4.79 Å². The Morgan fingerprint density at radius 2 is 1.85 bits per heavy atom. The average Bonchev–Trinajstić information content (AvgIpc) is 2.70. The summed E-state index contributed by atoms with van der Waals surface area (Å²) in [5, 5.41) is 2.85. The number of methoxy groups -OCH3 is 2. The molecule has 0 spiro atoms. The maximum Gasteiger partial charge on any atom is 0.330 e. The zero-order valence-corrected chi connectivity index (χ0v) is 15.7. The SMILES string of the molecule is CCc1ccccc1NC(=O)COc1ccc(/C=C/C(=O)OC)cc1OC. The van der Waals surface area contributed by atoms with Crippen molar-refractivity contribution in [3.8, 4) is 11.5 Å². The van der Waals surface area contributed by atoms with Crippen molar-refractivity contribution in [3.63, 3.8) is 0 Å². The normalized spacial score (nSPS) is 10.5. The molecular weight excluding hydrogens is 346 g/mol. The molecule has 2 aromatic rings. The number of aryl methyl sites for hydroxylation is 1. The van der Waals surface area contributed by atoms with E-state index in [4.69, 9.17) is 9.47 Å². The third kappa shape index (κ3) is 5.88. The lowest BCUT2D eigenvalue weighted by molar-refractivity contribution is -0.134. The molecule has 0 radical (unpaired) electrons. The number of ether oxygens (including phenoxy) is 3. The van der Waals surface area contributed by atoms with Gasteiger partial charge in [0.15, 0.2) is 18.1 Å². The monoisotopic (exact) mass is 369 g/mol. The Kier molecular flexibility index (Phi) is 7.43. The molecule has 0 saturated carbocycles. The second kappa shape index (κ2) is 10.0. The predicted molar refractivity (Wildman–Crippen MR) is 104 cm³/mol. The van der Waals surface area contributed by atoms with Gasteiger partial charge >= 0.3 is 5.97 Å². The number of carbonyl (C=O) groups is 2. The number of benzene rings is 2. The number of hydrogen-bond acceptors (Lipinski definition) is 5. The summed E-state index contributed by atoms with van der Waals surface area (Å²) in [4.78, 5) is 23.4. The lowest BCUT2D eigenvalue weighted by Gasteiger charge is -2.13. The van der Waals surface area contributed by atoms with Crippen LogP contribution in [0.3, 0.4) is 0 Å². The molecule has 2 aromatic carbocycles. The minimum atomic E-state index is -0.446. The first-order chi connectivity index (χ1) is 13.1. The number of esters is 1. The third-order valence-corrected chi connectivity index (χ3v) is 3.83. The van der Waals surface area contributed by atoms with Gasteiger partial charge in [0.25, 0.3) is 5.91 Å². The number of nitrogens with one attached hydrogen (secondary N) is 1. The predicted octanol–water partition coefficient (Wildman–Crippen LogP) is 3.46. The Hall–Kier alpha value is -3.28. The molecular formula is C21H23NO5. The van der Waals surface area contributed by atoms with Crippen LogP contribution < -0.4 is 14.8 Å². The molecule has 6 heteroatoms. The standard InChI is InChI=1S/C21H23NO5/c1-4-16-7-5-6-8-17(16)22-20(23)14-27-18-11-9-15(13-19(18)25-2)10-12-21(24)26-3/h5-13H,4,14H2,1-3H3,(H,22,23)/b12-10+. The first-order valence-electron chi connectivity index (χ1n) is 8.52. The second-order valence-electron chi connectivity index (χ2n) is 5.61. The van der Waals surface area contributed by atoms with Crippen LogP contribution >= 0.6 is 0 Å². The number of carbonyl (C=O) groups excluding carboxylic acids is 2. The molecule has 0 aliphatic heterocycles. The number of para-hydroxylation sites is 1. The summed E-state index contributed by atoms with van der Waals surface area (Å²) < 4.78 is 15.4. The van der Waals surface area contributed by atoms with Gasteiger partial charge in [-0.25, -0.2) is 4.79 Å². The molecule has 0 fully saturated rings. The average molecular weight is 369 g/mol. The molecule has 0 aliphatic carbocycles. The fourth-order valence-electron chi connectivity index (χ4n) is 2.42. The lowest BCUT2D eigenvalue weighted by atomic mass is 10.1. The van der Waals surface area contributed by atoms with Gasteiger partial charge in [-0.1, -0.05) is 31.2 Å². The molecule has 0 heterocycles. The van der Waals surface area contributed by atoms with Crippen molar-refractivity contribution in [2.24, 2.45) is 0 Å². The highest BCUT2D eigenvalue weighted by Gasteiger charge is 2.10. The molecule has 2 rings (SSSR count). The highest BCUT2D eigenvalue weighted by atomic mass is 16.5. The molecule has 27 heavy (non-hydrogen) atoms. The summed E-state index contributed by atoms with van der Waals surface area (Å²) in [6, 6.07) is 12.8. The Morgan fingerprint density at radius 1 is 1.07 bits per heavy atom. The summed E-state index contributed by atoms with van der Waals surface area (Å²) in [6.45, 7) is 1.88. The minimum Gasteiger partial charge on any atom is -0.493 e. The van der Waals surface area contributed by atoms with Crippen LogP contribution in [0.4, 0.5) is 5.69 Å². The summed E-state index contributed by atoms with van der Waals surface area (Å²) >= 11 is 0. The maximum absolute atomic E-state index is 12.2. The first-order valence-corrected chi connectivity index (χ1v) is 8.52. The van der Waals surface area contributed by atoms with E-state index in [1.165, 1.54) is 20.3 Å².